The molecule has 1 fully saturated rings. The van der Waals surface area contributed by atoms with Crippen LogP contribution in [0.1, 0.15) is 5.56 Å². The van der Waals surface area contributed by atoms with E-state index in [2.05, 4.69) is 5.32 Å². The summed E-state index contributed by atoms with van der Waals surface area (Å²) in [6.45, 7) is 0.445. The molecular weight excluding hydrogens is 238 g/mol. The van der Waals surface area contributed by atoms with Crippen LogP contribution in [0.15, 0.2) is 30.3 Å². The highest BCUT2D eigenvalue weighted by molar-refractivity contribution is 5.80. The van der Waals surface area contributed by atoms with Gasteiger partial charge in [-0.25, -0.2) is 9.59 Å². The molecule has 96 valence electrons. The van der Waals surface area contributed by atoms with Crippen LogP contribution in [0, 0.1) is 0 Å². The monoisotopic (exact) mass is 251 g/mol. The van der Waals surface area contributed by atoms with Crippen LogP contribution < -0.4 is 5.32 Å². The van der Waals surface area contributed by atoms with Crippen LogP contribution in [-0.4, -0.2) is 35.9 Å². The summed E-state index contributed by atoms with van der Waals surface area (Å²) in [5.74, 6) is -1.13. The Morgan fingerprint density at radius 1 is 1.44 bits per heavy atom. The number of hydrogen-bond donors (Lipinski definition) is 2. The van der Waals surface area contributed by atoms with Crippen molar-refractivity contribution in [2.75, 3.05) is 6.61 Å². The van der Waals surface area contributed by atoms with Crippen LogP contribution >= 0.6 is 0 Å². The van der Waals surface area contributed by atoms with Crippen LogP contribution in [-0.2, 0) is 20.9 Å². The van der Waals surface area contributed by atoms with E-state index in [1.165, 1.54) is 0 Å². The van der Waals surface area contributed by atoms with E-state index in [-0.39, 0.29) is 6.61 Å². The standard InChI is InChI=1S/C12H13NO5/c14-11(15)10(9-7-17-9)13-12(16)18-6-8-4-2-1-3-5-8/h1-5,9-10H,6-7H2,(H,13,16)(H,14,15). The van der Waals surface area contributed by atoms with E-state index in [1.807, 2.05) is 30.3 Å². The van der Waals surface area contributed by atoms with Crippen molar-refractivity contribution >= 4 is 12.1 Å². The van der Waals surface area contributed by atoms with Crippen molar-refractivity contribution in [3.05, 3.63) is 35.9 Å². The van der Waals surface area contributed by atoms with E-state index in [0.29, 0.717) is 6.61 Å². The van der Waals surface area contributed by atoms with Crippen LogP contribution in [0.5, 0.6) is 0 Å². The van der Waals surface area contributed by atoms with E-state index >= 15 is 0 Å². The fraction of sp³-hybridized carbons (Fsp3) is 0.333. The molecule has 0 radical (unpaired) electrons. The van der Waals surface area contributed by atoms with Gasteiger partial charge in [0.15, 0.2) is 6.04 Å². The average Bonchev–Trinajstić information content (AvgIpc) is 3.18. The van der Waals surface area contributed by atoms with Crippen LogP contribution in [0.3, 0.4) is 0 Å². The molecular formula is C12H13NO5. The molecule has 1 aromatic carbocycles. The van der Waals surface area contributed by atoms with Crippen molar-refractivity contribution in [3.8, 4) is 0 Å². The lowest BCUT2D eigenvalue weighted by atomic mass is 10.2. The van der Waals surface area contributed by atoms with Gasteiger partial charge in [-0.1, -0.05) is 30.3 Å². The number of ether oxygens (including phenoxy) is 2. The van der Waals surface area contributed by atoms with Gasteiger partial charge in [-0.2, -0.15) is 0 Å². The van der Waals surface area contributed by atoms with E-state index in [1.54, 1.807) is 0 Å². The number of carbonyl (C=O) groups excluding carboxylic acids is 1. The first-order valence-corrected chi connectivity index (χ1v) is 5.48. The van der Waals surface area contributed by atoms with Crippen molar-refractivity contribution in [2.45, 2.75) is 18.8 Å². The summed E-state index contributed by atoms with van der Waals surface area (Å²) in [6.07, 6.45) is -1.21. The summed E-state index contributed by atoms with van der Waals surface area (Å²) in [5, 5.41) is 11.1. The largest absolute Gasteiger partial charge is 0.480 e. The number of aliphatic carboxylic acids is 1. The van der Waals surface area contributed by atoms with Crippen molar-refractivity contribution < 1.29 is 24.2 Å². The average molecular weight is 251 g/mol. The Balaban J connectivity index is 1.79. The lowest BCUT2D eigenvalue weighted by Crippen LogP contribution is -2.44. The number of alkyl carbamates (subject to hydrolysis) is 1. The molecule has 18 heavy (non-hydrogen) atoms. The highest BCUT2D eigenvalue weighted by atomic mass is 16.6. The molecule has 0 spiro atoms. The second-order valence-electron chi connectivity index (χ2n) is 3.89. The molecule has 6 nitrogen and oxygen atoms in total. The summed E-state index contributed by atoms with van der Waals surface area (Å²) in [5.41, 5.74) is 0.835. The Morgan fingerprint density at radius 3 is 2.67 bits per heavy atom. The molecule has 0 aliphatic carbocycles. The summed E-state index contributed by atoms with van der Waals surface area (Å²) in [4.78, 5) is 22.3. The number of amides is 1. The zero-order chi connectivity index (χ0) is 13.0. The Bertz CT molecular complexity index is 429. The number of nitrogens with one attached hydrogen (secondary N) is 1. The third-order valence-corrected chi connectivity index (χ3v) is 2.48. The van der Waals surface area contributed by atoms with Crippen LogP contribution in [0.4, 0.5) is 4.79 Å². The van der Waals surface area contributed by atoms with Gasteiger partial charge in [0.05, 0.1) is 6.61 Å². The molecule has 1 heterocycles. The summed E-state index contributed by atoms with van der Waals surface area (Å²) in [6, 6.07) is 8.09. The zero-order valence-electron chi connectivity index (χ0n) is 9.54. The zero-order valence-corrected chi connectivity index (χ0v) is 9.54. The number of carbonyl (C=O) groups is 2. The van der Waals surface area contributed by atoms with E-state index in [9.17, 15) is 9.59 Å². The fourth-order valence-electron chi connectivity index (χ4n) is 1.45. The number of benzene rings is 1. The summed E-state index contributed by atoms with van der Waals surface area (Å²) >= 11 is 0. The third kappa shape index (κ3) is 3.46. The van der Waals surface area contributed by atoms with Crippen molar-refractivity contribution in [1.29, 1.82) is 0 Å². The smallest absolute Gasteiger partial charge is 0.408 e. The Labute approximate surface area is 104 Å². The minimum Gasteiger partial charge on any atom is -0.480 e. The molecule has 1 aliphatic rings. The highest BCUT2D eigenvalue weighted by Gasteiger charge is 2.39. The van der Waals surface area contributed by atoms with E-state index < -0.39 is 24.2 Å². The predicted molar refractivity (Wildman–Crippen MR) is 60.9 cm³/mol. The van der Waals surface area contributed by atoms with Gasteiger partial charge in [-0.05, 0) is 5.56 Å². The van der Waals surface area contributed by atoms with E-state index in [4.69, 9.17) is 14.6 Å². The first kappa shape index (κ1) is 12.4. The van der Waals surface area contributed by atoms with Crippen molar-refractivity contribution in [2.24, 2.45) is 0 Å². The number of carboxylic acid groups (broad SMARTS) is 1. The molecule has 1 aromatic rings. The summed E-state index contributed by atoms with van der Waals surface area (Å²) < 4.78 is 9.76. The highest BCUT2D eigenvalue weighted by Crippen LogP contribution is 2.14. The van der Waals surface area contributed by atoms with Crippen molar-refractivity contribution in [3.63, 3.8) is 0 Å². The normalized spacial score (nSPS) is 18.8. The maximum atomic E-state index is 11.4. The maximum absolute atomic E-state index is 11.4. The van der Waals surface area contributed by atoms with E-state index in [0.717, 1.165) is 5.56 Å². The molecule has 2 rings (SSSR count). The third-order valence-electron chi connectivity index (χ3n) is 2.48. The molecule has 2 atom stereocenters. The molecule has 0 bridgehead atoms. The number of rotatable bonds is 5. The summed E-state index contributed by atoms with van der Waals surface area (Å²) in [7, 11) is 0. The van der Waals surface area contributed by atoms with Crippen LogP contribution in [0.25, 0.3) is 0 Å². The first-order chi connectivity index (χ1) is 8.66. The maximum Gasteiger partial charge on any atom is 0.408 e. The quantitative estimate of drug-likeness (QED) is 0.754. The second-order valence-corrected chi connectivity index (χ2v) is 3.89. The molecule has 1 aliphatic heterocycles. The molecule has 0 aromatic heterocycles. The lowest BCUT2D eigenvalue weighted by molar-refractivity contribution is -0.139. The van der Waals surface area contributed by atoms with Gasteiger partial charge in [-0.3, -0.25) is 0 Å². The van der Waals surface area contributed by atoms with Gasteiger partial charge >= 0.3 is 12.1 Å². The minimum atomic E-state index is -1.13. The van der Waals surface area contributed by atoms with Crippen molar-refractivity contribution in [1.82, 2.24) is 5.32 Å². The molecule has 2 unspecified atom stereocenters. The molecule has 0 saturated carbocycles. The van der Waals surface area contributed by atoms with Gasteiger partial charge in [0, 0.05) is 0 Å². The Morgan fingerprint density at radius 2 is 2.11 bits per heavy atom. The molecule has 1 amide bonds. The minimum absolute atomic E-state index is 0.102. The Hall–Kier alpha value is -2.08. The van der Waals surface area contributed by atoms with Gasteiger partial charge in [0.25, 0.3) is 0 Å². The van der Waals surface area contributed by atoms with Crippen LogP contribution in [0.2, 0.25) is 0 Å². The molecule has 2 N–H and O–H groups in total. The predicted octanol–water partition coefficient (Wildman–Crippen LogP) is 0.765. The number of hydrogen-bond acceptors (Lipinski definition) is 4. The van der Waals surface area contributed by atoms with Gasteiger partial charge in [-0.15, -0.1) is 0 Å². The number of epoxide rings is 1. The first-order valence-electron chi connectivity index (χ1n) is 5.48. The Kier molecular flexibility index (Phi) is 3.78. The number of carboxylic acids is 1. The SMILES string of the molecule is O=C(NC(C(=O)O)C1CO1)OCc1ccccc1. The second kappa shape index (κ2) is 5.50. The molecule has 6 heteroatoms. The topological polar surface area (TPSA) is 88.2 Å². The fourth-order valence-corrected chi connectivity index (χ4v) is 1.45. The van der Waals surface area contributed by atoms with Gasteiger partial charge in [0.2, 0.25) is 0 Å². The molecule has 1 saturated heterocycles. The van der Waals surface area contributed by atoms with Gasteiger partial charge < -0.3 is 19.9 Å². The lowest BCUT2D eigenvalue weighted by Gasteiger charge is -2.12. The van der Waals surface area contributed by atoms with Gasteiger partial charge in [0.1, 0.15) is 12.7 Å².